The number of carbonyl (C=O) groups is 1. The van der Waals surface area contributed by atoms with Gasteiger partial charge in [0.2, 0.25) is 5.43 Å². The molecule has 0 spiro atoms. The lowest BCUT2D eigenvalue weighted by molar-refractivity contribution is 0.143. The van der Waals surface area contributed by atoms with Gasteiger partial charge in [0.15, 0.2) is 5.75 Å². The second-order valence-electron chi connectivity index (χ2n) is 7.54. The molecule has 2 heterocycles. The second kappa shape index (κ2) is 7.43. The van der Waals surface area contributed by atoms with Crippen LogP contribution >= 0.6 is 0 Å². The van der Waals surface area contributed by atoms with Gasteiger partial charge in [-0.3, -0.25) is 4.79 Å². The molecular formula is C20H24FN3O4. The van der Waals surface area contributed by atoms with Crippen LogP contribution in [-0.2, 0) is 0 Å². The predicted molar refractivity (Wildman–Crippen MR) is 104 cm³/mol. The Hall–Kier alpha value is -2.61. The summed E-state index contributed by atoms with van der Waals surface area (Å²) in [5.41, 5.74) is 0.493. The van der Waals surface area contributed by atoms with E-state index in [1.807, 2.05) is 9.47 Å². The van der Waals surface area contributed by atoms with Gasteiger partial charge in [-0.1, -0.05) is 13.3 Å². The Morgan fingerprint density at radius 3 is 2.86 bits per heavy atom. The van der Waals surface area contributed by atoms with Gasteiger partial charge in [0.05, 0.1) is 22.8 Å². The first-order chi connectivity index (χ1) is 13.5. The summed E-state index contributed by atoms with van der Waals surface area (Å²) in [6.07, 6.45) is 3.83. The van der Waals surface area contributed by atoms with Gasteiger partial charge in [-0.2, -0.15) is 0 Å². The van der Waals surface area contributed by atoms with E-state index >= 15 is 0 Å². The molecule has 8 heteroatoms. The SMILES string of the molecule is CCCC1CN(c2cc3c(cc2F)c(=O)c(OC(=O)O)cn3C2CC2)CCN1. The molecule has 1 saturated carbocycles. The third kappa shape index (κ3) is 3.56. The normalized spacial score (nSPS) is 19.8. The molecule has 2 N–H and O–H groups in total. The zero-order chi connectivity index (χ0) is 19.8. The standard InChI is InChI=1S/C20H24FN3O4/c1-2-3-12-10-23(7-6-22-12)17-9-16-14(8-15(17)21)19(25)18(28-20(26)27)11-24(16)13-4-5-13/h8-9,11-13,22H,2-7,10H2,1H3,(H,26,27). The summed E-state index contributed by atoms with van der Waals surface area (Å²) in [7, 11) is 0. The number of pyridine rings is 1. The van der Waals surface area contributed by atoms with Gasteiger partial charge < -0.3 is 24.6 Å². The van der Waals surface area contributed by atoms with Gasteiger partial charge in [-0.05, 0) is 31.4 Å². The maximum absolute atomic E-state index is 15.0. The van der Waals surface area contributed by atoms with E-state index in [4.69, 9.17) is 5.11 Å². The maximum Gasteiger partial charge on any atom is 0.511 e. The van der Waals surface area contributed by atoms with Crippen LogP contribution in [0.25, 0.3) is 10.9 Å². The first-order valence-corrected chi connectivity index (χ1v) is 9.75. The summed E-state index contributed by atoms with van der Waals surface area (Å²) in [6, 6.07) is 3.43. The van der Waals surface area contributed by atoms with Crippen LogP contribution in [-0.4, -0.2) is 41.5 Å². The Morgan fingerprint density at radius 1 is 1.39 bits per heavy atom. The van der Waals surface area contributed by atoms with E-state index in [0.29, 0.717) is 30.3 Å². The number of hydrogen-bond donors (Lipinski definition) is 2. The third-order valence-electron chi connectivity index (χ3n) is 5.44. The summed E-state index contributed by atoms with van der Waals surface area (Å²) in [6.45, 7) is 4.31. The van der Waals surface area contributed by atoms with Crippen molar-refractivity contribution in [3.63, 3.8) is 0 Å². The number of hydrogen-bond acceptors (Lipinski definition) is 5. The van der Waals surface area contributed by atoms with Gasteiger partial charge >= 0.3 is 6.16 Å². The largest absolute Gasteiger partial charge is 0.511 e. The maximum atomic E-state index is 15.0. The summed E-state index contributed by atoms with van der Waals surface area (Å²) in [4.78, 5) is 25.6. The molecule has 4 rings (SSSR count). The first-order valence-electron chi connectivity index (χ1n) is 9.75. The molecule has 0 radical (unpaired) electrons. The van der Waals surface area contributed by atoms with Gasteiger partial charge in [-0.25, -0.2) is 9.18 Å². The molecule has 2 aliphatic rings. The number of carboxylic acid groups (broad SMARTS) is 1. The molecule has 2 aromatic rings. The van der Waals surface area contributed by atoms with Crippen LogP contribution in [0.3, 0.4) is 0 Å². The smallest absolute Gasteiger partial charge is 0.449 e. The fourth-order valence-corrected chi connectivity index (χ4v) is 3.98. The van der Waals surface area contributed by atoms with Gasteiger partial charge in [0.1, 0.15) is 5.82 Å². The molecular weight excluding hydrogens is 365 g/mol. The minimum Gasteiger partial charge on any atom is -0.449 e. The average molecular weight is 389 g/mol. The van der Waals surface area contributed by atoms with Crippen molar-refractivity contribution in [3.8, 4) is 5.75 Å². The van der Waals surface area contributed by atoms with Crippen molar-refractivity contribution < 1.29 is 19.0 Å². The van der Waals surface area contributed by atoms with Crippen LogP contribution in [0.4, 0.5) is 14.9 Å². The first kappa shape index (κ1) is 18.7. The highest BCUT2D eigenvalue weighted by Gasteiger charge is 2.28. The van der Waals surface area contributed by atoms with E-state index in [9.17, 15) is 14.0 Å². The number of benzene rings is 1. The number of ether oxygens (including phenoxy) is 1. The number of rotatable bonds is 5. The molecule has 0 bridgehead atoms. The molecule has 1 unspecified atom stereocenters. The van der Waals surface area contributed by atoms with Gasteiger partial charge in [0.25, 0.3) is 0 Å². The van der Waals surface area contributed by atoms with E-state index < -0.39 is 17.4 Å². The second-order valence-corrected chi connectivity index (χ2v) is 7.54. The highest BCUT2D eigenvalue weighted by Crippen LogP contribution is 2.39. The van der Waals surface area contributed by atoms with Crippen molar-refractivity contribution in [1.29, 1.82) is 0 Å². The van der Waals surface area contributed by atoms with Gasteiger partial charge in [-0.15, -0.1) is 0 Å². The predicted octanol–water partition coefficient (Wildman–Crippen LogP) is 3.11. The Kier molecular flexibility index (Phi) is 4.97. The molecule has 1 aromatic heterocycles. The van der Waals surface area contributed by atoms with Crippen LogP contribution in [0.2, 0.25) is 0 Å². The van der Waals surface area contributed by atoms with E-state index in [-0.39, 0.29) is 17.2 Å². The Morgan fingerprint density at radius 2 is 2.18 bits per heavy atom. The zero-order valence-electron chi connectivity index (χ0n) is 15.8. The quantitative estimate of drug-likeness (QED) is 0.765. The summed E-state index contributed by atoms with van der Waals surface area (Å²) in [5.74, 6) is -0.763. The average Bonchev–Trinajstić information content (AvgIpc) is 3.49. The molecule has 1 aromatic carbocycles. The highest BCUT2D eigenvalue weighted by atomic mass is 19.1. The molecule has 1 atom stereocenters. The van der Waals surface area contributed by atoms with Crippen molar-refractivity contribution in [2.75, 3.05) is 24.5 Å². The Bertz CT molecular complexity index is 968. The Balaban J connectivity index is 1.80. The fourth-order valence-electron chi connectivity index (χ4n) is 3.98. The topological polar surface area (TPSA) is 83.8 Å². The van der Waals surface area contributed by atoms with E-state index in [1.165, 1.54) is 12.3 Å². The fraction of sp³-hybridized carbons (Fsp3) is 0.500. The lowest BCUT2D eigenvalue weighted by Gasteiger charge is -2.35. The zero-order valence-corrected chi connectivity index (χ0v) is 15.8. The number of nitrogens with one attached hydrogen (secondary N) is 1. The molecule has 1 saturated heterocycles. The number of piperazine rings is 1. The third-order valence-corrected chi connectivity index (χ3v) is 5.44. The number of nitrogens with zero attached hydrogens (tertiary/aromatic N) is 2. The summed E-state index contributed by atoms with van der Waals surface area (Å²) < 4.78 is 21.5. The van der Waals surface area contributed by atoms with Crippen molar-refractivity contribution in [2.24, 2.45) is 0 Å². The van der Waals surface area contributed by atoms with Crippen LogP contribution in [0.5, 0.6) is 5.75 Å². The van der Waals surface area contributed by atoms with E-state index in [0.717, 1.165) is 32.2 Å². The van der Waals surface area contributed by atoms with E-state index in [2.05, 4.69) is 17.0 Å². The molecule has 1 aliphatic carbocycles. The minimum atomic E-state index is -1.56. The van der Waals surface area contributed by atoms with E-state index in [1.54, 1.807) is 6.07 Å². The van der Waals surface area contributed by atoms with Crippen LogP contribution in [0.1, 0.15) is 38.6 Å². The summed E-state index contributed by atoms with van der Waals surface area (Å²) >= 11 is 0. The monoisotopic (exact) mass is 389 g/mol. The molecule has 28 heavy (non-hydrogen) atoms. The van der Waals surface area contributed by atoms with Crippen molar-refractivity contribution >= 4 is 22.7 Å². The van der Waals surface area contributed by atoms with Crippen LogP contribution in [0.15, 0.2) is 23.1 Å². The molecule has 1 aliphatic heterocycles. The molecule has 7 nitrogen and oxygen atoms in total. The van der Waals surface area contributed by atoms with Gasteiger partial charge in [0, 0.05) is 31.7 Å². The number of halogens is 1. The van der Waals surface area contributed by atoms with Crippen molar-refractivity contribution in [3.05, 3.63) is 34.4 Å². The molecule has 150 valence electrons. The van der Waals surface area contributed by atoms with Crippen molar-refractivity contribution in [1.82, 2.24) is 9.88 Å². The number of fused-ring (bicyclic) bond motifs is 1. The number of anilines is 1. The van der Waals surface area contributed by atoms with Crippen LogP contribution < -0.4 is 20.4 Å². The van der Waals surface area contributed by atoms with Crippen LogP contribution in [0, 0.1) is 5.82 Å². The molecule has 0 amide bonds. The highest BCUT2D eigenvalue weighted by molar-refractivity contribution is 5.85. The Labute approximate surface area is 161 Å². The summed E-state index contributed by atoms with van der Waals surface area (Å²) in [5, 5.41) is 12.5. The molecule has 2 fully saturated rings. The lowest BCUT2D eigenvalue weighted by atomic mass is 10.1. The van der Waals surface area contributed by atoms with Crippen molar-refractivity contribution in [2.45, 2.75) is 44.7 Å². The lowest BCUT2D eigenvalue weighted by Crippen LogP contribution is -2.50. The number of aromatic nitrogens is 1. The minimum absolute atomic E-state index is 0.146.